The van der Waals surface area contributed by atoms with Crippen molar-refractivity contribution in [2.75, 3.05) is 5.32 Å². The summed E-state index contributed by atoms with van der Waals surface area (Å²) in [5.41, 5.74) is 3.51. The predicted octanol–water partition coefficient (Wildman–Crippen LogP) is 3.50. The van der Waals surface area contributed by atoms with Crippen LogP contribution in [0.2, 0.25) is 0 Å². The first-order chi connectivity index (χ1) is 15.1. The lowest BCUT2D eigenvalue weighted by Gasteiger charge is -2.08. The summed E-state index contributed by atoms with van der Waals surface area (Å²) >= 11 is 1.44. The van der Waals surface area contributed by atoms with Gasteiger partial charge >= 0.3 is 0 Å². The lowest BCUT2D eigenvalue weighted by atomic mass is 10.1. The summed E-state index contributed by atoms with van der Waals surface area (Å²) in [6.07, 6.45) is 4.86. The molecular weight excluding hydrogens is 412 g/mol. The van der Waals surface area contributed by atoms with Crippen LogP contribution in [0.25, 0.3) is 27.0 Å². The van der Waals surface area contributed by atoms with Gasteiger partial charge in [0.2, 0.25) is 5.91 Å². The van der Waals surface area contributed by atoms with Crippen LogP contribution in [0.4, 0.5) is 5.82 Å². The fourth-order valence-electron chi connectivity index (χ4n) is 3.43. The van der Waals surface area contributed by atoms with Crippen molar-refractivity contribution in [2.24, 2.45) is 0 Å². The first kappa shape index (κ1) is 19.1. The highest BCUT2D eigenvalue weighted by Gasteiger charge is 2.14. The molecule has 0 atom stereocenters. The highest BCUT2D eigenvalue weighted by atomic mass is 32.1. The third-order valence-corrected chi connectivity index (χ3v) is 5.95. The largest absolute Gasteiger partial charge is 0.310 e. The predicted molar refractivity (Wildman–Crippen MR) is 120 cm³/mol. The van der Waals surface area contributed by atoms with Gasteiger partial charge in [-0.15, -0.1) is 11.3 Å². The molecule has 1 N–H and O–H groups in total. The smallest absolute Gasteiger partial charge is 0.262 e. The van der Waals surface area contributed by atoms with Crippen molar-refractivity contribution in [1.29, 1.82) is 0 Å². The van der Waals surface area contributed by atoms with Crippen LogP contribution in [0, 0.1) is 6.92 Å². The monoisotopic (exact) mass is 430 g/mol. The number of carbonyl (C=O) groups excluding carboxylic acids is 1. The van der Waals surface area contributed by atoms with Crippen LogP contribution in [0.15, 0.2) is 65.3 Å². The lowest BCUT2D eigenvalue weighted by molar-refractivity contribution is -0.116. The van der Waals surface area contributed by atoms with Gasteiger partial charge in [-0.25, -0.2) is 9.97 Å². The summed E-state index contributed by atoms with van der Waals surface area (Å²) in [7, 11) is 0. The minimum absolute atomic E-state index is 0.127. The fourth-order valence-corrected chi connectivity index (χ4v) is 4.34. The van der Waals surface area contributed by atoms with Crippen LogP contribution in [0.3, 0.4) is 0 Å². The Hall–Kier alpha value is -3.85. The summed E-state index contributed by atoms with van der Waals surface area (Å²) < 4.78 is 3.04. The van der Waals surface area contributed by atoms with E-state index in [1.165, 1.54) is 22.2 Å². The molecule has 0 aliphatic heterocycles. The Morgan fingerprint density at radius 3 is 2.77 bits per heavy atom. The number of aromatic nitrogens is 5. The molecular formula is C22H18N6O2S. The third-order valence-electron chi connectivity index (χ3n) is 5.06. The van der Waals surface area contributed by atoms with Gasteiger partial charge in [-0.1, -0.05) is 29.8 Å². The Kier molecular flexibility index (Phi) is 4.79. The summed E-state index contributed by atoms with van der Waals surface area (Å²) in [5, 5.41) is 9.52. The maximum atomic E-state index is 13.1. The second-order valence-corrected chi connectivity index (χ2v) is 8.03. The van der Waals surface area contributed by atoms with Gasteiger partial charge in [0, 0.05) is 36.2 Å². The van der Waals surface area contributed by atoms with E-state index in [-0.39, 0.29) is 24.4 Å². The van der Waals surface area contributed by atoms with Crippen molar-refractivity contribution < 1.29 is 4.79 Å². The summed E-state index contributed by atoms with van der Waals surface area (Å²) in [4.78, 5) is 34.9. The molecule has 0 bridgehead atoms. The number of nitrogens with zero attached hydrogens (tertiary/aromatic N) is 5. The van der Waals surface area contributed by atoms with Crippen molar-refractivity contribution in [1.82, 2.24) is 24.1 Å². The molecule has 5 aromatic rings. The van der Waals surface area contributed by atoms with Crippen molar-refractivity contribution in [3.8, 4) is 11.1 Å². The molecule has 1 aromatic carbocycles. The number of aryl methyl sites for hydroxylation is 2. The Balaban J connectivity index is 1.38. The van der Waals surface area contributed by atoms with E-state index in [2.05, 4.69) is 20.4 Å². The van der Waals surface area contributed by atoms with Crippen molar-refractivity contribution in [3.63, 3.8) is 0 Å². The molecule has 4 heterocycles. The number of benzene rings is 1. The molecule has 4 aromatic heterocycles. The van der Waals surface area contributed by atoms with Crippen molar-refractivity contribution >= 4 is 38.9 Å². The van der Waals surface area contributed by atoms with Gasteiger partial charge in [-0.2, -0.15) is 9.61 Å². The molecule has 0 saturated heterocycles. The van der Waals surface area contributed by atoms with Crippen LogP contribution in [-0.4, -0.2) is 30.1 Å². The second kappa shape index (κ2) is 7.77. The number of carbonyl (C=O) groups is 1. The molecule has 0 spiro atoms. The third kappa shape index (κ3) is 3.59. The van der Waals surface area contributed by atoms with E-state index in [9.17, 15) is 9.59 Å². The Morgan fingerprint density at radius 1 is 1.10 bits per heavy atom. The first-order valence-corrected chi connectivity index (χ1v) is 10.6. The van der Waals surface area contributed by atoms with E-state index in [0.717, 1.165) is 16.7 Å². The average molecular weight is 430 g/mol. The lowest BCUT2D eigenvalue weighted by Crippen LogP contribution is -2.24. The first-order valence-electron chi connectivity index (χ1n) is 9.72. The van der Waals surface area contributed by atoms with Crippen molar-refractivity contribution in [3.05, 3.63) is 76.4 Å². The number of hydrogen-bond acceptors (Lipinski definition) is 6. The maximum Gasteiger partial charge on any atom is 0.262 e. The Morgan fingerprint density at radius 2 is 1.94 bits per heavy atom. The molecule has 31 heavy (non-hydrogen) atoms. The number of amides is 1. The number of hydrogen-bond donors (Lipinski definition) is 1. The quantitative estimate of drug-likeness (QED) is 0.461. The molecule has 0 aliphatic carbocycles. The van der Waals surface area contributed by atoms with Crippen LogP contribution < -0.4 is 10.9 Å². The van der Waals surface area contributed by atoms with Gasteiger partial charge in [0.1, 0.15) is 10.6 Å². The van der Waals surface area contributed by atoms with Gasteiger partial charge in [-0.3, -0.25) is 14.2 Å². The highest BCUT2D eigenvalue weighted by molar-refractivity contribution is 7.17. The normalized spacial score (nSPS) is 11.3. The standard InChI is InChI=1S/C22H18N6O2S/c1-14-2-4-15(5-3-14)16-12-31-21-20(16)22(30)27(13-24-21)11-8-19(29)26-18-6-9-23-17-7-10-25-28(17)18/h2-7,9-10,12-13H,8,11H2,1H3,(H,26,29). The van der Waals surface area contributed by atoms with Gasteiger partial charge in [-0.05, 0) is 18.6 Å². The Bertz CT molecular complexity index is 1470. The number of fused-ring (bicyclic) bond motifs is 2. The van der Waals surface area contributed by atoms with Gasteiger partial charge in [0.15, 0.2) is 5.65 Å². The minimum atomic E-state index is -0.223. The van der Waals surface area contributed by atoms with E-state index < -0.39 is 0 Å². The molecule has 8 nitrogen and oxygen atoms in total. The van der Waals surface area contributed by atoms with E-state index in [4.69, 9.17) is 0 Å². The summed E-state index contributed by atoms with van der Waals surface area (Å²) in [5.74, 6) is 0.305. The fraction of sp³-hybridized carbons (Fsp3) is 0.136. The zero-order valence-electron chi connectivity index (χ0n) is 16.6. The van der Waals surface area contributed by atoms with Crippen molar-refractivity contribution in [2.45, 2.75) is 19.9 Å². The van der Waals surface area contributed by atoms with E-state index in [0.29, 0.717) is 21.7 Å². The van der Waals surface area contributed by atoms with Gasteiger partial charge < -0.3 is 5.32 Å². The average Bonchev–Trinajstić information content (AvgIpc) is 3.42. The maximum absolute atomic E-state index is 13.1. The SMILES string of the molecule is Cc1ccc(-c2csc3ncn(CCC(=O)Nc4ccnc5ccnn45)c(=O)c23)cc1. The topological polar surface area (TPSA) is 94.2 Å². The number of thiophene rings is 1. The molecule has 0 aliphatic rings. The van der Waals surface area contributed by atoms with Crippen LogP contribution in [-0.2, 0) is 11.3 Å². The molecule has 9 heteroatoms. The highest BCUT2D eigenvalue weighted by Crippen LogP contribution is 2.30. The number of anilines is 1. The zero-order valence-corrected chi connectivity index (χ0v) is 17.5. The van der Waals surface area contributed by atoms with Gasteiger partial charge in [0.05, 0.1) is 17.9 Å². The number of rotatable bonds is 5. The molecule has 0 unspecified atom stereocenters. The molecule has 1 amide bonds. The van der Waals surface area contributed by atoms with E-state index >= 15 is 0 Å². The minimum Gasteiger partial charge on any atom is -0.310 e. The van der Waals surface area contributed by atoms with Crippen LogP contribution >= 0.6 is 11.3 Å². The van der Waals surface area contributed by atoms with E-state index in [1.807, 2.05) is 36.6 Å². The molecule has 0 saturated carbocycles. The summed E-state index contributed by atoms with van der Waals surface area (Å²) in [6, 6.07) is 11.5. The van der Waals surface area contributed by atoms with Crippen LogP contribution in [0.5, 0.6) is 0 Å². The second-order valence-electron chi connectivity index (χ2n) is 7.17. The molecule has 154 valence electrons. The molecule has 5 rings (SSSR count). The number of nitrogens with one attached hydrogen (secondary N) is 1. The Labute approximate surface area is 180 Å². The molecule has 0 radical (unpaired) electrons. The van der Waals surface area contributed by atoms with Gasteiger partial charge in [0.25, 0.3) is 5.56 Å². The molecule has 0 fully saturated rings. The summed E-state index contributed by atoms with van der Waals surface area (Å²) in [6.45, 7) is 2.25. The van der Waals surface area contributed by atoms with E-state index in [1.54, 1.807) is 29.0 Å². The van der Waals surface area contributed by atoms with Crippen LogP contribution in [0.1, 0.15) is 12.0 Å². The zero-order chi connectivity index (χ0) is 21.4.